The van der Waals surface area contributed by atoms with Crippen LogP contribution in [0.3, 0.4) is 0 Å². The average Bonchev–Trinajstić information content (AvgIpc) is 2.28. The predicted octanol–water partition coefficient (Wildman–Crippen LogP) is 0.644. The van der Waals surface area contributed by atoms with Crippen molar-refractivity contribution in [2.75, 3.05) is 7.11 Å². The van der Waals surface area contributed by atoms with Crippen LogP contribution in [0.5, 0.6) is 0 Å². The maximum Gasteiger partial charge on any atom is 0.366 e. The van der Waals surface area contributed by atoms with Crippen LogP contribution in [0.25, 0.3) is 0 Å². The molecule has 0 aliphatic rings. The molecule has 0 radical (unpaired) electrons. The summed E-state index contributed by atoms with van der Waals surface area (Å²) >= 11 is 0. The molecule has 1 aromatic carbocycles. The van der Waals surface area contributed by atoms with Gasteiger partial charge in [-0.3, -0.25) is 0 Å². The second-order valence-corrected chi connectivity index (χ2v) is 3.35. The van der Waals surface area contributed by atoms with Crippen molar-refractivity contribution in [3.8, 4) is 0 Å². The quantitative estimate of drug-likeness (QED) is 0.567. The molecule has 15 heavy (non-hydrogen) atoms. The summed E-state index contributed by atoms with van der Waals surface area (Å²) < 4.78 is 4.32. The highest BCUT2D eigenvalue weighted by Crippen LogP contribution is 2.26. The third kappa shape index (κ3) is 2.34. The number of carbonyl (C=O) groups is 1. The molecule has 1 aromatic rings. The second kappa shape index (κ2) is 4.42. The van der Waals surface area contributed by atoms with Crippen molar-refractivity contribution >= 4 is 5.97 Å². The smallest absolute Gasteiger partial charge is 0.366 e. The first kappa shape index (κ1) is 11.7. The molecule has 0 saturated heterocycles. The second-order valence-electron chi connectivity index (χ2n) is 3.35. The van der Waals surface area contributed by atoms with Crippen LogP contribution >= 0.6 is 0 Å². The Morgan fingerprint density at radius 3 is 2.33 bits per heavy atom. The fraction of sp³-hybridized carbons (Fsp3) is 0.364. The van der Waals surface area contributed by atoms with Crippen molar-refractivity contribution in [1.82, 2.24) is 0 Å². The van der Waals surface area contributed by atoms with Gasteiger partial charge in [-0.2, -0.15) is 0 Å². The standard InChI is InChI=1S/C11H14O4/c1-8(9-6-4-3-5-7-9)11(13,14)10(12)15-2/h3-8,13-14H,1-2H3. The molecule has 0 aliphatic carbocycles. The number of esters is 1. The Balaban J connectivity index is 2.94. The van der Waals surface area contributed by atoms with E-state index in [1.807, 2.05) is 6.07 Å². The molecule has 0 amide bonds. The van der Waals surface area contributed by atoms with E-state index in [9.17, 15) is 15.0 Å². The van der Waals surface area contributed by atoms with Gasteiger partial charge >= 0.3 is 5.97 Å². The summed E-state index contributed by atoms with van der Waals surface area (Å²) in [6.07, 6.45) is 0. The van der Waals surface area contributed by atoms with Gasteiger partial charge in [-0.15, -0.1) is 0 Å². The fourth-order valence-corrected chi connectivity index (χ4v) is 1.30. The molecule has 0 fully saturated rings. The summed E-state index contributed by atoms with van der Waals surface area (Å²) in [5.41, 5.74) is 0.660. The molecule has 0 bridgehead atoms. The van der Waals surface area contributed by atoms with Crippen molar-refractivity contribution < 1.29 is 19.7 Å². The Kier molecular flexibility index (Phi) is 3.44. The minimum atomic E-state index is -2.49. The number of hydrogen-bond donors (Lipinski definition) is 2. The molecule has 0 heterocycles. The lowest BCUT2D eigenvalue weighted by atomic mass is 9.92. The van der Waals surface area contributed by atoms with Crippen molar-refractivity contribution in [1.29, 1.82) is 0 Å². The summed E-state index contributed by atoms with van der Waals surface area (Å²) in [5, 5.41) is 19.2. The van der Waals surface area contributed by atoms with E-state index in [0.717, 1.165) is 7.11 Å². The lowest BCUT2D eigenvalue weighted by molar-refractivity contribution is -0.213. The highest BCUT2D eigenvalue weighted by molar-refractivity contribution is 5.78. The monoisotopic (exact) mass is 210 g/mol. The van der Waals surface area contributed by atoms with Gasteiger partial charge in [0.2, 0.25) is 0 Å². The van der Waals surface area contributed by atoms with Gasteiger partial charge in [0.05, 0.1) is 7.11 Å². The van der Waals surface area contributed by atoms with Crippen molar-refractivity contribution in [2.24, 2.45) is 0 Å². The fourth-order valence-electron chi connectivity index (χ4n) is 1.30. The van der Waals surface area contributed by atoms with E-state index in [-0.39, 0.29) is 0 Å². The van der Waals surface area contributed by atoms with Crippen molar-refractivity contribution in [2.45, 2.75) is 18.6 Å². The summed E-state index contributed by atoms with van der Waals surface area (Å²) in [6.45, 7) is 1.55. The van der Waals surface area contributed by atoms with E-state index >= 15 is 0 Å². The normalized spacial score (nSPS) is 13.3. The molecule has 0 aliphatic heterocycles. The van der Waals surface area contributed by atoms with Gasteiger partial charge in [-0.25, -0.2) is 4.79 Å². The highest BCUT2D eigenvalue weighted by Gasteiger charge is 2.41. The molecule has 4 nitrogen and oxygen atoms in total. The van der Waals surface area contributed by atoms with E-state index in [1.54, 1.807) is 31.2 Å². The first-order valence-corrected chi connectivity index (χ1v) is 4.58. The minimum Gasteiger partial charge on any atom is -0.465 e. The third-order valence-electron chi connectivity index (χ3n) is 2.39. The molecule has 1 rings (SSSR count). The van der Waals surface area contributed by atoms with Crippen LogP contribution in [-0.4, -0.2) is 29.1 Å². The number of carbonyl (C=O) groups excluding carboxylic acids is 1. The number of methoxy groups -OCH3 is 1. The molecular formula is C11H14O4. The molecule has 1 unspecified atom stereocenters. The molecular weight excluding hydrogens is 196 g/mol. The van der Waals surface area contributed by atoms with Gasteiger partial charge in [0.1, 0.15) is 0 Å². The number of benzene rings is 1. The van der Waals surface area contributed by atoms with Crippen LogP contribution in [0.15, 0.2) is 30.3 Å². The largest absolute Gasteiger partial charge is 0.465 e. The summed E-state index contributed by atoms with van der Waals surface area (Å²) in [4.78, 5) is 11.1. The zero-order valence-corrected chi connectivity index (χ0v) is 8.68. The molecule has 1 atom stereocenters. The van der Waals surface area contributed by atoms with E-state index in [0.29, 0.717) is 5.56 Å². The Morgan fingerprint density at radius 1 is 1.33 bits per heavy atom. The summed E-state index contributed by atoms with van der Waals surface area (Å²) in [6, 6.07) is 8.77. The number of aliphatic hydroxyl groups is 2. The molecule has 4 heteroatoms. The number of ether oxygens (including phenoxy) is 1. The van der Waals surface area contributed by atoms with Crippen LogP contribution in [-0.2, 0) is 9.53 Å². The Hall–Kier alpha value is -1.39. The van der Waals surface area contributed by atoms with Crippen molar-refractivity contribution in [3.05, 3.63) is 35.9 Å². The molecule has 82 valence electrons. The topological polar surface area (TPSA) is 66.8 Å². The van der Waals surface area contributed by atoms with Crippen molar-refractivity contribution in [3.63, 3.8) is 0 Å². The first-order chi connectivity index (χ1) is 7.00. The molecule has 0 aromatic heterocycles. The lowest BCUT2D eigenvalue weighted by Gasteiger charge is -2.25. The predicted molar refractivity (Wildman–Crippen MR) is 54.0 cm³/mol. The van der Waals surface area contributed by atoms with Gasteiger partial charge in [0.25, 0.3) is 5.79 Å². The zero-order valence-electron chi connectivity index (χ0n) is 8.68. The van der Waals surface area contributed by atoms with Crippen LogP contribution in [0.4, 0.5) is 0 Å². The molecule has 0 saturated carbocycles. The minimum absolute atomic E-state index is 0.660. The van der Waals surface area contributed by atoms with E-state index in [2.05, 4.69) is 4.74 Å². The van der Waals surface area contributed by atoms with Gasteiger partial charge in [-0.1, -0.05) is 37.3 Å². The van der Waals surface area contributed by atoms with Crippen LogP contribution in [0.2, 0.25) is 0 Å². The Bertz CT molecular complexity index is 332. The maximum absolute atomic E-state index is 11.1. The average molecular weight is 210 g/mol. The Labute approximate surface area is 88.1 Å². The molecule has 0 spiro atoms. The molecule has 2 N–H and O–H groups in total. The number of hydrogen-bond acceptors (Lipinski definition) is 4. The first-order valence-electron chi connectivity index (χ1n) is 4.58. The van der Waals surface area contributed by atoms with Crippen LogP contribution in [0, 0.1) is 0 Å². The van der Waals surface area contributed by atoms with Gasteiger partial charge in [-0.05, 0) is 5.56 Å². The SMILES string of the molecule is COC(=O)C(O)(O)C(C)c1ccccc1. The Morgan fingerprint density at radius 2 is 1.87 bits per heavy atom. The lowest BCUT2D eigenvalue weighted by Crippen LogP contribution is -2.44. The third-order valence-corrected chi connectivity index (χ3v) is 2.39. The highest BCUT2D eigenvalue weighted by atomic mass is 16.6. The number of rotatable bonds is 3. The van der Waals surface area contributed by atoms with E-state index in [1.165, 1.54) is 0 Å². The van der Waals surface area contributed by atoms with E-state index in [4.69, 9.17) is 0 Å². The van der Waals surface area contributed by atoms with Crippen LogP contribution in [0.1, 0.15) is 18.4 Å². The van der Waals surface area contributed by atoms with Gasteiger partial charge < -0.3 is 14.9 Å². The summed E-state index contributed by atoms with van der Waals surface area (Å²) in [5.74, 6) is -4.29. The van der Waals surface area contributed by atoms with Crippen LogP contribution < -0.4 is 0 Å². The zero-order chi connectivity index (χ0) is 11.5. The van der Waals surface area contributed by atoms with Gasteiger partial charge in [0.15, 0.2) is 0 Å². The maximum atomic E-state index is 11.1. The van der Waals surface area contributed by atoms with Gasteiger partial charge in [0, 0.05) is 5.92 Å². The summed E-state index contributed by atoms with van der Waals surface area (Å²) in [7, 11) is 1.11. The van der Waals surface area contributed by atoms with E-state index < -0.39 is 17.7 Å².